The first-order valence-corrected chi connectivity index (χ1v) is 15.6. The van der Waals surface area contributed by atoms with E-state index in [1.807, 2.05) is 74.5 Å². The highest BCUT2D eigenvalue weighted by Crippen LogP contribution is 2.34. The average Bonchev–Trinajstić information content (AvgIpc) is 3.76. The summed E-state index contributed by atoms with van der Waals surface area (Å²) in [5.74, 6) is -0.129. The number of likely N-dealkylation sites (tertiary alicyclic amines) is 1. The molecule has 0 unspecified atom stereocenters. The molecule has 8 heteroatoms. The number of nitrogens with one attached hydrogen (secondary N) is 3. The molecule has 2 aromatic rings. The highest BCUT2D eigenvalue weighted by atomic mass is 16.3. The molecule has 42 heavy (non-hydrogen) atoms. The predicted molar refractivity (Wildman–Crippen MR) is 165 cm³/mol. The lowest BCUT2D eigenvalue weighted by Gasteiger charge is -2.36. The van der Waals surface area contributed by atoms with Gasteiger partial charge in [-0.05, 0) is 68.0 Å². The van der Waals surface area contributed by atoms with E-state index in [9.17, 15) is 19.5 Å². The van der Waals surface area contributed by atoms with Crippen LogP contribution in [-0.2, 0) is 27.2 Å². The molecular formula is C34H48N4O4. The topological polar surface area (TPSA) is 111 Å². The van der Waals surface area contributed by atoms with Gasteiger partial charge in [0.1, 0.15) is 11.6 Å². The molecule has 4 N–H and O–H groups in total. The molecule has 0 aromatic heterocycles. The van der Waals surface area contributed by atoms with Crippen LogP contribution >= 0.6 is 0 Å². The number of aryl methyl sites for hydroxylation is 1. The van der Waals surface area contributed by atoms with Gasteiger partial charge in [-0.15, -0.1) is 0 Å². The first-order valence-electron chi connectivity index (χ1n) is 15.6. The van der Waals surface area contributed by atoms with E-state index < -0.39 is 23.7 Å². The van der Waals surface area contributed by atoms with Gasteiger partial charge in [-0.25, -0.2) is 0 Å². The van der Waals surface area contributed by atoms with E-state index in [4.69, 9.17) is 0 Å². The SMILES string of the molecule is CC[C@H](C)[C@@]1(NC(C)=O)CCN([C@@H](CCc2ccccc2)C(=O)N[C@@H](Cc2ccccc2)[C@H](O)CNCC2CC2)C1=O. The zero-order valence-corrected chi connectivity index (χ0v) is 25.4. The molecule has 8 nitrogen and oxygen atoms in total. The molecule has 228 valence electrons. The van der Waals surface area contributed by atoms with Gasteiger partial charge in [0.15, 0.2) is 0 Å². The largest absolute Gasteiger partial charge is 0.390 e. The summed E-state index contributed by atoms with van der Waals surface area (Å²) in [6.07, 6.45) is 4.35. The molecule has 1 aliphatic carbocycles. The van der Waals surface area contributed by atoms with E-state index >= 15 is 0 Å². The van der Waals surface area contributed by atoms with Crippen LogP contribution in [0.4, 0.5) is 0 Å². The van der Waals surface area contributed by atoms with Crippen LogP contribution in [0.2, 0.25) is 0 Å². The van der Waals surface area contributed by atoms with Crippen molar-refractivity contribution in [3.63, 3.8) is 0 Å². The maximum atomic E-state index is 14.1. The molecule has 0 spiro atoms. The zero-order valence-electron chi connectivity index (χ0n) is 25.4. The second-order valence-electron chi connectivity index (χ2n) is 12.2. The number of carbonyl (C=O) groups is 3. The van der Waals surface area contributed by atoms with Crippen LogP contribution in [0.15, 0.2) is 60.7 Å². The van der Waals surface area contributed by atoms with Crippen LogP contribution < -0.4 is 16.0 Å². The lowest BCUT2D eigenvalue weighted by molar-refractivity contribution is -0.144. The van der Waals surface area contributed by atoms with E-state index in [0.29, 0.717) is 44.7 Å². The maximum absolute atomic E-state index is 14.1. The predicted octanol–water partition coefficient (Wildman–Crippen LogP) is 3.23. The van der Waals surface area contributed by atoms with Crippen molar-refractivity contribution in [2.75, 3.05) is 19.6 Å². The second-order valence-corrected chi connectivity index (χ2v) is 12.2. The Morgan fingerprint density at radius 1 is 1.05 bits per heavy atom. The van der Waals surface area contributed by atoms with Gasteiger partial charge in [-0.1, -0.05) is 80.9 Å². The number of nitrogens with zero attached hydrogens (tertiary/aromatic N) is 1. The lowest BCUT2D eigenvalue weighted by Crippen LogP contribution is -2.60. The number of aliphatic hydroxyl groups excluding tert-OH is 1. The third-order valence-corrected chi connectivity index (χ3v) is 9.04. The van der Waals surface area contributed by atoms with Crippen molar-refractivity contribution in [3.05, 3.63) is 71.8 Å². The van der Waals surface area contributed by atoms with Gasteiger partial charge in [-0.2, -0.15) is 0 Å². The zero-order chi connectivity index (χ0) is 30.1. The Hall–Kier alpha value is -3.23. The Kier molecular flexibility index (Phi) is 11.2. The lowest BCUT2D eigenvalue weighted by atomic mass is 9.81. The van der Waals surface area contributed by atoms with Gasteiger partial charge in [0, 0.05) is 20.0 Å². The number of amides is 3. The van der Waals surface area contributed by atoms with Gasteiger partial charge in [-0.3, -0.25) is 14.4 Å². The Bertz CT molecular complexity index is 1170. The molecule has 2 fully saturated rings. The highest BCUT2D eigenvalue weighted by molar-refractivity contribution is 5.96. The van der Waals surface area contributed by atoms with Gasteiger partial charge >= 0.3 is 0 Å². The summed E-state index contributed by atoms with van der Waals surface area (Å²) >= 11 is 0. The molecule has 1 aliphatic heterocycles. The molecule has 1 saturated carbocycles. The minimum atomic E-state index is -1.03. The van der Waals surface area contributed by atoms with Crippen molar-refractivity contribution < 1.29 is 19.5 Å². The number of aliphatic hydroxyl groups is 1. The van der Waals surface area contributed by atoms with Crippen LogP contribution in [0.5, 0.6) is 0 Å². The van der Waals surface area contributed by atoms with Crippen molar-refractivity contribution in [3.8, 4) is 0 Å². The first kappa shape index (κ1) is 31.7. The van der Waals surface area contributed by atoms with Crippen molar-refractivity contribution in [1.82, 2.24) is 20.9 Å². The summed E-state index contributed by atoms with van der Waals surface area (Å²) in [4.78, 5) is 42.1. The summed E-state index contributed by atoms with van der Waals surface area (Å²) in [7, 11) is 0. The minimum Gasteiger partial charge on any atom is -0.390 e. The second kappa shape index (κ2) is 14.8. The molecule has 3 amide bonds. The quantitative estimate of drug-likeness (QED) is 0.245. The van der Waals surface area contributed by atoms with Crippen LogP contribution in [0.1, 0.15) is 64.0 Å². The highest BCUT2D eigenvalue weighted by Gasteiger charge is 2.53. The van der Waals surface area contributed by atoms with E-state index in [1.165, 1.54) is 19.8 Å². The number of hydrogen-bond acceptors (Lipinski definition) is 5. The van der Waals surface area contributed by atoms with Crippen LogP contribution in [0.3, 0.4) is 0 Å². The summed E-state index contributed by atoms with van der Waals surface area (Å²) in [6, 6.07) is 18.5. The normalized spacial score (nSPS) is 21.4. The Morgan fingerprint density at radius 3 is 2.29 bits per heavy atom. The molecule has 5 atom stereocenters. The van der Waals surface area contributed by atoms with Gasteiger partial charge < -0.3 is 26.0 Å². The van der Waals surface area contributed by atoms with Gasteiger partial charge in [0.25, 0.3) is 0 Å². The van der Waals surface area contributed by atoms with Crippen molar-refractivity contribution in [2.45, 2.75) is 89.4 Å². The Labute approximate surface area is 250 Å². The summed E-state index contributed by atoms with van der Waals surface area (Å²) in [6.45, 7) is 7.06. The van der Waals surface area contributed by atoms with Crippen LogP contribution in [0, 0.1) is 11.8 Å². The molecule has 1 saturated heterocycles. The van der Waals surface area contributed by atoms with Gasteiger partial charge in [0.05, 0.1) is 12.1 Å². The smallest absolute Gasteiger partial charge is 0.249 e. The third kappa shape index (κ3) is 8.19. The molecule has 2 aromatic carbocycles. The number of benzene rings is 2. The summed E-state index contributed by atoms with van der Waals surface area (Å²) in [5, 5.41) is 20.7. The Balaban J connectivity index is 1.56. The third-order valence-electron chi connectivity index (χ3n) is 9.04. The van der Waals surface area contributed by atoms with E-state index in [-0.39, 0.29) is 23.6 Å². The molecule has 0 radical (unpaired) electrons. The molecular weight excluding hydrogens is 528 g/mol. The molecule has 0 bridgehead atoms. The fraction of sp³-hybridized carbons (Fsp3) is 0.559. The van der Waals surface area contributed by atoms with Gasteiger partial charge in [0.2, 0.25) is 17.7 Å². The first-order chi connectivity index (χ1) is 20.2. The van der Waals surface area contributed by atoms with Crippen molar-refractivity contribution in [2.24, 2.45) is 11.8 Å². The van der Waals surface area contributed by atoms with E-state index in [2.05, 4.69) is 16.0 Å². The number of carbonyl (C=O) groups excluding carboxylic acids is 3. The maximum Gasteiger partial charge on any atom is 0.249 e. The molecule has 4 rings (SSSR count). The standard InChI is InChI=1S/C34H48N4O4/c1-4-24(2)34(37-25(3)39)19-20-38(33(34)42)30(18-17-26-11-7-5-8-12-26)32(41)36-29(21-27-13-9-6-10-14-27)31(40)23-35-22-28-15-16-28/h5-14,24,28-31,35,40H,4,15-23H2,1-3H3,(H,36,41)(H,37,39)/t24-,29-,30-,31+,34-/m0/s1. The van der Waals surface area contributed by atoms with Crippen LogP contribution in [-0.4, -0.2) is 71.1 Å². The van der Waals surface area contributed by atoms with Crippen LogP contribution in [0.25, 0.3) is 0 Å². The van der Waals surface area contributed by atoms with Crippen molar-refractivity contribution >= 4 is 17.7 Å². The van der Waals surface area contributed by atoms with E-state index in [0.717, 1.165) is 24.1 Å². The number of rotatable bonds is 16. The summed E-state index contributed by atoms with van der Waals surface area (Å²) in [5.41, 5.74) is 1.08. The fourth-order valence-electron chi connectivity index (χ4n) is 6.12. The van der Waals surface area contributed by atoms with E-state index in [1.54, 1.807) is 4.90 Å². The monoisotopic (exact) mass is 576 g/mol. The fourth-order valence-corrected chi connectivity index (χ4v) is 6.12. The Morgan fingerprint density at radius 2 is 1.69 bits per heavy atom. The molecule has 2 aliphatic rings. The molecule has 1 heterocycles. The average molecular weight is 577 g/mol. The van der Waals surface area contributed by atoms with Crippen molar-refractivity contribution in [1.29, 1.82) is 0 Å². The summed E-state index contributed by atoms with van der Waals surface area (Å²) < 4.78 is 0. The minimum absolute atomic E-state index is 0.0815. The number of hydrogen-bond donors (Lipinski definition) is 4.